The normalized spacial score (nSPS) is 19.3. The van der Waals surface area contributed by atoms with Crippen molar-refractivity contribution in [2.75, 3.05) is 18.0 Å². The summed E-state index contributed by atoms with van der Waals surface area (Å²) in [6.45, 7) is 1.37. The molecule has 0 bridgehead atoms. The molecule has 0 aromatic heterocycles. The van der Waals surface area contributed by atoms with Crippen LogP contribution in [0.2, 0.25) is 15.1 Å². The van der Waals surface area contributed by atoms with Crippen LogP contribution >= 0.6 is 85.5 Å². The van der Waals surface area contributed by atoms with E-state index in [2.05, 4.69) is 30.9 Å². The molecule has 1 unspecified atom stereocenters. The van der Waals surface area contributed by atoms with Gasteiger partial charge in [-0.2, -0.15) is 0 Å². The number of halogens is 7. The van der Waals surface area contributed by atoms with Gasteiger partial charge in [0.05, 0.1) is 27.0 Å². The summed E-state index contributed by atoms with van der Waals surface area (Å²) in [5, 5.41) is 4.49. The van der Waals surface area contributed by atoms with Crippen molar-refractivity contribution in [1.29, 1.82) is 0 Å². The summed E-state index contributed by atoms with van der Waals surface area (Å²) < 4.78 is -0.757. The Hall–Kier alpha value is -0.230. The third kappa shape index (κ3) is 4.68. The zero-order chi connectivity index (χ0) is 21.4. The first-order valence-corrected chi connectivity index (χ1v) is 11.4. The molecule has 1 aliphatic rings. The molecule has 11 heteroatoms. The number of anilines is 1. The second kappa shape index (κ2) is 9.10. The minimum Gasteiger partial charge on any atom is -0.370 e. The zero-order valence-corrected chi connectivity index (χ0v) is 20.8. The summed E-state index contributed by atoms with van der Waals surface area (Å²) in [5.74, 6) is 0. The maximum atomic E-state index is 8.51. The monoisotopic (exact) mass is 574 g/mol. The Labute approximate surface area is 206 Å². The van der Waals surface area contributed by atoms with Crippen LogP contribution in [0.4, 0.5) is 5.69 Å². The summed E-state index contributed by atoms with van der Waals surface area (Å²) in [5.41, 5.74) is 10.2. The first-order chi connectivity index (χ1) is 13.6. The minimum atomic E-state index is -1.60. The number of alkyl halides is 3. The Balaban J connectivity index is 1.98. The van der Waals surface area contributed by atoms with E-state index in [-0.39, 0.29) is 11.6 Å². The first-order valence-electron chi connectivity index (χ1n) is 8.35. The van der Waals surface area contributed by atoms with Crippen molar-refractivity contribution in [3.8, 4) is 0 Å². The van der Waals surface area contributed by atoms with Crippen LogP contribution in [0.25, 0.3) is 10.4 Å². The van der Waals surface area contributed by atoms with E-state index in [4.69, 9.17) is 75.1 Å². The molecule has 1 fully saturated rings. The molecule has 2 aromatic rings. The van der Waals surface area contributed by atoms with Gasteiger partial charge < -0.3 is 4.90 Å². The number of nitrogens with zero attached hydrogens (tertiary/aromatic N) is 4. The highest BCUT2D eigenvalue weighted by Gasteiger charge is 2.54. The Morgan fingerprint density at radius 1 is 1.14 bits per heavy atom. The second-order valence-electron chi connectivity index (χ2n) is 6.67. The average Bonchev–Trinajstić information content (AvgIpc) is 3.11. The fourth-order valence-electron chi connectivity index (χ4n) is 3.46. The molecule has 0 N–H and O–H groups in total. The predicted octanol–water partition coefficient (Wildman–Crippen LogP) is 8.74. The summed E-state index contributed by atoms with van der Waals surface area (Å²) in [6, 6.07) is 9.22. The maximum absolute atomic E-state index is 8.51. The van der Waals surface area contributed by atoms with Gasteiger partial charge in [-0.05, 0) is 47.3 Å². The molecule has 0 radical (unpaired) electrons. The van der Waals surface area contributed by atoms with Crippen molar-refractivity contribution in [3.63, 3.8) is 0 Å². The van der Waals surface area contributed by atoms with Gasteiger partial charge in [-0.25, -0.2) is 0 Å². The van der Waals surface area contributed by atoms with Crippen LogP contribution in [0.1, 0.15) is 17.5 Å². The van der Waals surface area contributed by atoms with Gasteiger partial charge in [0.15, 0.2) is 0 Å². The standard InChI is InChI=1S/C18H13BrCl6N4/c19-13-7-12(2-1-10(13)8-27-28-26)29-4-3-17(9-29,18(23,24)25)11-5-14(20)16(22)15(21)6-11/h1-2,5-7H,3-4,8-9H2. The maximum Gasteiger partial charge on any atom is 0.201 e. The van der Waals surface area contributed by atoms with Gasteiger partial charge in [-0.1, -0.05) is 96.7 Å². The predicted molar refractivity (Wildman–Crippen MR) is 127 cm³/mol. The van der Waals surface area contributed by atoms with E-state index in [0.29, 0.717) is 29.6 Å². The molecule has 0 amide bonds. The fraction of sp³-hybridized carbons (Fsp3) is 0.333. The average molecular weight is 578 g/mol. The molecule has 0 saturated carbocycles. The summed E-state index contributed by atoms with van der Waals surface area (Å²) >= 11 is 41.5. The van der Waals surface area contributed by atoms with E-state index >= 15 is 0 Å². The van der Waals surface area contributed by atoms with Crippen molar-refractivity contribution >= 4 is 91.2 Å². The van der Waals surface area contributed by atoms with Gasteiger partial charge in [0.1, 0.15) is 0 Å². The Morgan fingerprint density at radius 2 is 1.79 bits per heavy atom. The van der Waals surface area contributed by atoms with Crippen LogP contribution < -0.4 is 4.90 Å². The second-order valence-corrected chi connectivity index (χ2v) is 11.0. The Kier molecular flexibility index (Phi) is 7.35. The van der Waals surface area contributed by atoms with E-state index in [9.17, 15) is 0 Å². The summed E-state index contributed by atoms with van der Waals surface area (Å²) in [4.78, 5) is 4.92. The van der Waals surface area contributed by atoms with E-state index in [1.807, 2.05) is 18.2 Å². The van der Waals surface area contributed by atoms with Crippen LogP contribution in [-0.4, -0.2) is 16.9 Å². The largest absolute Gasteiger partial charge is 0.370 e. The molecule has 29 heavy (non-hydrogen) atoms. The first kappa shape index (κ1) is 23.4. The lowest BCUT2D eigenvalue weighted by Gasteiger charge is -2.37. The van der Waals surface area contributed by atoms with Crippen LogP contribution in [0.5, 0.6) is 0 Å². The summed E-state index contributed by atoms with van der Waals surface area (Å²) in [6.07, 6.45) is 0.579. The quantitative estimate of drug-likeness (QED) is 0.118. The van der Waals surface area contributed by atoms with Crippen molar-refractivity contribution < 1.29 is 0 Å². The van der Waals surface area contributed by atoms with Gasteiger partial charge >= 0.3 is 0 Å². The SMILES string of the molecule is [N-]=[N+]=NCc1ccc(N2CCC(c3cc(Cl)c(Cl)c(Cl)c3)(C(Cl)(Cl)Cl)C2)cc1Br. The third-order valence-electron chi connectivity index (χ3n) is 5.05. The molecule has 3 rings (SSSR count). The van der Waals surface area contributed by atoms with Gasteiger partial charge in [0, 0.05) is 28.2 Å². The van der Waals surface area contributed by atoms with Crippen LogP contribution in [0.3, 0.4) is 0 Å². The van der Waals surface area contributed by atoms with Crippen molar-refractivity contribution in [1.82, 2.24) is 0 Å². The van der Waals surface area contributed by atoms with E-state index < -0.39 is 9.21 Å². The molecule has 1 saturated heterocycles. The molecule has 2 aromatic carbocycles. The number of hydrogen-bond donors (Lipinski definition) is 0. The molecule has 4 nitrogen and oxygen atoms in total. The third-order valence-corrected chi connectivity index (χ3v) is 8.07. The number of benzene rings is 2. The van der Waals surface area contributed by atoms with Crippen LogP contribution in [-0.2, 0) is 12.0 Å². The smallest absolute Gasteiger partial charge is 0.201 e. The fourth-order valence-corrected chi connectivity index (χ4v) is 5.34. The molecule has 1 aliphatic heterocycles. The number of rotatable bonds is 4. The highest BCUT2D eigenvalue weighted by molar-refractivity contribution is 9.10. The molecule has 154 valence electrons. The molecular formula is C18H13BrCl6N4. The molecule has 0 spiro atoms. The highest BCUT2D eigenvalue weighted by Crippen LogP contribution is 2.54. The Morgan fingerprint density at radius 3 is 2.34 bits per heavy atom. The Bertz CT molecular complexity index is 966. The van der Waals surface area contributed by atoms with E-state index in [1.165, 1.54) is 0 Å². The molecule has 1 atom stereocenters. The van der Waals surface area contributed by atoms with Crippen molar-refractivity contribution in [2.45, 2.75) is 22.2 Å². The van der Waals surface area contributed by atoms with E-state index in [0.717, 1.165) is 21.3 Å². The summed E-state index contributed by atoms with van der Waals surface area (Å²) in [7, 11) is 0. The van der Waals surface area contributed by atoms with Crippen LogP contribution in [0.15, 0.2) is 39.9 Å². The van der Waals surface area contributed by atoms with Crippen molar-refractivity contribution in [2.24, 2.45) is 5.11 Å². The molecular weight excluding hydrogens is 565 g/mol. The van der Waals surface area contributed by atoms with Crippen LogP contribution in [0, 0.1) is 0 Å². The topological polar surface area (TPSA) is 52.0 Å². The molecule has 0 aliphatic carbocycles. The van der Waals surface area contributed by atoms with Crippen molar-refractivity contribution in [3.05, 3.63) is 71.4 Å². The highest BCUT2D eigenvalue weighted by atomic mass is 79.9. The number of azide groups is 1. The number of hydrogen-bond acceptors (Lipinski definition) is 2. The minimum absolute atomic E-state index is 0.261. The lowest BCUT2D eigenvalue weighted by Crippen LogP contribution is -2.42. The van der Waals surface area contributed by atoms with Gasteiger partial charge in [0.25, 0.3) is 0 Å². The molecule has 1 heterocycles. The van der Waals surface area contributed by atoms with Gasteiger partial charge in [-0.15, -0.1) is 0 Å². The van der Waals surface area contributed by atoms with Gasteiger partial charge in [0.2, 0.25) is 3.79 Å². The zero-order valence-electron chi connectivity index (χ0n) is 14.6. The lowest BCUT2D eigenvalue weighted by molar-refractivity contribution is 0.486. The lowest BCUT2D eigenvalue weighted by atomic mass is 9.81. The van der Waals surface area contributed by atoms with E-state index in [1.54, 1.807) is 12.1 Å². The van der Waals surface area contributed by atoms with Gasteiger partial charge in [-0.3, -0.25) is 0 Å².